The van der Waals surface area contributed by atoms with Gasteiger partial charge in [0.25, 0.3) is 5.91 Å². The van der Waals surface area contributed by atoms with Crippen LogP contribution < -0.4 is 10.1 Å². The Labute approximate surface area is 149 Å². The number of halogens is 1. The van der Waals surface area contributed by atoms with Gasteiger partial charge in [-0.05, 0) is 24.3 Å². The summed E-state index contributed by atoms with van der Waals surface area (Å²) < 4.78 is 32.7. The summed E-state index contributed by atoms with van der Waals surface area (Å²) in [6.07, 6.45) is 0. The van der Waals surface area contributed by atoms with E-state index in [9.17, 15) is 13.2 Å². The summed E-state index contributed by atoms with van der Waals surface area (Å²) in [5.41, 5.74) is 0.713. The fourth-order valence-corrected chi connectivity index (χ4v) is 5.19. The molecule has 24 heavy (non-hydrogen) atoms. The van der Waals surface area contributed by atoms with Gasteiger partial charge in [-0.1, -0.05) is 11.6 Å². The van der Waals surface area contributed by atoms with Gasteiger partial charge < -0.3 is 10.1 Å². The maximum Gasteiger partial charge on any atom is 0.261 e. The van der Waals surface area contributed by atoms with E-state index in [1.807, 2.05) is 0 Å². The van der Waals surface area contributed by atoms with E-state index in [0.29, 0.717) is 21.2 Å². The van der Waals surface area contributed by atoms with Crippen molar-refractivity contribution in [1.29, 1.82) is 0 Å². The van der Waals surface area contributed by atoms with Gasteiger partial charge in [0.05, 0.1) is 9.77 Å². The minimum Gasteiger partial charge on any atom is -0.492 e. The molecule has 0 bridgehead atoms. The van der Waals surface area contributed by atoms with Crippen LogP contribution in [0.4, 0.5) is 0 Å². The van der Waals surface area contributed by atoms with E-state index in [2.05, 4.69) is 5.32 Å². The van der Waals surface area contributed by atoms with Gasteiger partial charge in [0.15, 0.2) is 0 Å². The number of hydrogen-bond acceptors (Lipinski definition) is 5. The van der Waals surface area contributed by atoms with Crippen molar-refractivity contribution in [2.45, 2.75) is 11.4 Å². The van der Waals surface area contributed by atoms with Crippen LogP contribution in [0.2, 0.25) is 5.02 Å². The van der Waals surface area contributed by atoms with Gasteiger partial charge >= 0.3 is 0 Å². The maximum absolute atomic E-state index is 12.9. The highest BCUT2D eigenvalue weighted by Crippen LogP contribution is 2.30. The standard InChI is InChI=1S/C15H15ClN2O4S2/c1-17-15(19)14-7-12(9-23-14)24(20,21)18-4-5-22-13-3-2-11(16)6-10(13)8-18/h2-3,6-7,9H,4-5,8H2,1H3,(H,17,19). The summed E-state index contributed by atoms with van der Waals surface area (Å²) in [7, 11) is -2.22. The lowest BCUT2D eigenvalue weighted by Gasteiger charge is -2.18. The first-order valence-corrected chi connectivity index (χ1v) is 9.83. The summed E-state index contributed by atoms with van der Waals surface area (Å²) in [5, 5.41) is 4.48. The number of carbonyl (C=O) groups is 1. The smallest absolute Gasteiger partial charge is 0.261 e. The normalized spacial score (nSPS) is 15.2. The third kappa shape index (κ3) is 3.27. The number of ether oxygens (including phenoxy) is 1. The predicted octanol–water partition coefficient (Wildman–Crippen LogP) is 2.34. The average molecular weight is 387 g/mol. The largest absolute Gasteiger partial charge is 0.492 e. The molecule has 0 spiro atoms. The Morgan fingerprint density at radius 3 is 2.92 bits per heavy atom. The SMILES string of the molecule is CNC(=O)c1cc(S(=O)(=O)N2CCOc3ccc(Cl)cc3C2)cs1. The number of rotatable bonds is 3. The minimum atomic E-state index is -3.72. The first-order valence-electron chi connectivity index (χ1n) is 7.14. The lowest BCUT2D eigenvalue weighted by Crippen LogP contribution is -2.32. The van der Waals surface area contributed by atoms with E-state index < -0.39 is 10.0 Å². The Bertz CT molecular complexity index is 879. The van der Waals surface area contributed by atoms with E-state index in [-0.39, 0.29) is 30.5 Å². The summed E-state index contributed by atoms with van der Waals surface area (Å²) >= 11 is 7.09. The molecule has 6 nitrogen and oxygen atoms in total. The Hall–Kier alpha value is -1.61. The molecule has 9 heteroatoms. The minimum absolute atomic E-state index is 0.108. The molecule has 3 rings (SSSR count). The van der Waals surface area contributed by atoms with Crippen molar-refractivity contribution >= 4 is 38.9 Å². The van der Waals surface area contributed by atoms with Crippen LogP contribution in [-0.2, 0) is 16.6 Å². The fraction of sp³-hybridized carbons (Fsp3) is 0.267. The van der Waals surface area contributed by atoms with Crippen molar-refractivity contribution in [2.75, 3.05) is 20.2 Å². The van der Waals surface area contributed by atoms with E-state index >= 15 is 0 Å². The molecule has 0 fully saturated rings. The first kappa shape index (κ1) is 17.2. The van der Waals surface area contributed by atoms with Gasteiger partial charge in [0.2, 0.25) is 10.0 Å². The fourth-order valence-electron chi connectivity index (χ4n) is 2.39. The third-order valence-electron chi connectivity index (χ3n) is 3.63. The second kappa shape index (κ2) is 6.72. The third-order valence-corrected chi connectivity index (χ3v) is 6.77. The van der Waals surface area contributed by atoms with Gasteiger partial charge in [-0.25, -0.2) is 8.42 Å². The molecule has 1 aliphatic heterocycles. The van der Waals surface area contributed by atoms with Crippen LogP contribution in [-0.4, -0.2) is 38.8 Å². The molecule has 1 amide bonds. The molecular weight excluding hydrogens is 372 g/mol. The number of sulfonamides is 1. The molecule has 2 aromatic rings. The van der Waals surface area contributed by atoms with Gasteiger partial charge in [-0.2, -0.15) is 4.31 Å². The van der Waals surface area contributed by atoms with Gasteiger partial charge in [-0.15, -0.1) is 11.3 Å². The lowest BCUT2D eigenvalue weighted by atomic mass is 10.2. The highest BCUT2D eigenvalue weighted by atomic mass is 35.5. The zero-order chi connectivity index (χ0) is 17.3. The van der Waals surface area contributed by atoms with E-state index in [0.717, 1.165) is 11.3 Å². The van der Waals surface area contributed by atoms with Crippen molar-refractivity contribution in [3.8, 4) is 5.75 Å². The second-order valence-corrected chi connectivity index (χ2v) is 8.45. The number of thiophene rings is 1. The summed E-state index contributed by atoms with van der Waals surface area (Å²) in [6, 6.07) is 6.54. The van der Waals surface area contributed by atoms with Crippen LogP contribution >= 0.6 is 22.9 Å². The zero-order valence-electron chi connectivity index (χ0n) is 12.8. The number of nitrogens with one attached hydrogen (secondary N) is 1. The first-order chi connectivity index (χ1) is 11.4. The van der Waals surface area contributed by atoms with Crippen molar-refractivity contribution in [3.05, 3.63) is 45.1 Å². The van der Waals surface area contributed by atoms with Crippen LogP contribution in [0.3, 0.4) is 0 Å². The molecule has 0 atom stereocenters. The second-order valence-electron chi connectivity index (χ2n) is 5.16. The van der Waals surface area contributed by atoms with Crippen LogP contribution in [0.15, 0.2) is 34.5 Å². The average Bonchev–Trinajstić information content (AvgIpc) is 2.96. The molecule has 128 valence electrons. The lowest BCUT2D eigenvalue weighted by molar-refractivity contribution is 0.0967. The number of nitrogens with zero attached hydrogens (tertiary/aromatic N) is 1. The quantitative estimate of drug-likeness (QED) is 0.878. The molecule has 0 unspecified atom stereocenters. The number of benzene rings is 1. The highest BCUT2D eigenvalue weighted by molar-refractivity contribution is 7.89. The number of amides is 1. The molecule has 2 heterocycles. The van der Waals surface area contributed by atoms with Crippen LogP contribution in [0.25, 0.3) is 0 Å². The Balaban J connectivity index is 1.92. The molecule has 1 aliphatic rings. The molecule has 0 saturated carbocycles. The number of hydrogen-bond donors (Lipinski definition) is 1. The molecule has 1 aromatic carbocycles. The van der Waals surface area contributed by atoms with Crippen molar-refractivity contribution in [1.82, 2.24) is 9.62 Å². The Morgan fingerprint density at radius 2 is 2.17 bits per heavy atom. The van der Waals surface area contributed by atoms with E-state index in [1.54, 1.807) is 18.2 Å². The van der Waals surface area contributed by atoms with Crippen molar-refractivity contribution in [2.24, 2.45) is 0 Å². The summed E-state index contributed by atoms with van der Waals surface area (Å²) in [6.45, 7) is 0.642. The Morgan fingerprint density at radius 1 is 1.38 bits per heavy atom. The van der Waals surface area contributed by atoms with E-state index in [4.69, 9.17) is 16.3 Å². The zero-order valence-corrected chi connectivity index (χ0v) is 15.2. The van der Waals surface area contributed by atoms with Crippen LogP contribution in [0.1, 0.15) is 15.2 Å². The summed E-state index contributed by atoms with van der Waals surface area (Å²) in [4.78, 5) is 12.1. The predicted molar refractivity (Wildman–Crippen MR) is 92.3 cm³/mol. The van der Waals surface area contributed by atoms with Gasteiger partial charge in [0.1, 0.15) is 12.4 Å². The molecular formula is C15H15ClN2O4S2. The topological polar surface area (TPSA) is 75.7 Å². The van der Waals surface area contributed by atoms with Crippen molar-refractivity contribution < 1.29 is 17.9 Å². The van der Waals surface area contributed by atoms with E-state index in [1.165, 1.54) is 22.8 Å². The van der Waals surface area contributed by atoms with Gasteiger partial charge in [-0.3, -0.25) is 4.79 Å². The highest BCUT2D eigenvalue weighted by Gasteiger charge is 2.29. The maximum atomic E-state index is 12.9. The molecule has 1 aromatic heterocycles. The number of fused-ring (bicyclic) bond motifs is 1. The number of carbonyl (C=O) groups excluding carboxylic acids is 1. The summed E-state index contributed by atoms with van der Waals surface area (Å²) in [5.74, 6) is 0.325. The monoisotopic (exact) mass is 386 g/mol. The Kier molecular flexibility index (Phi) is 4.82. The molecule has 1 N–H and O–H groups in total. The molecule has 0 aliphatic carbocycles. The van der Waals surface area contributed by atoms with Gasteiger partial charge in [0, 0.05) is 36.1 Å². The molecule has 0 saturated heterocycles. The van der Waals surface area contributed by atoms with Crippen molar-refractivity contribution in [3.63, 3.8) is 0 Å². The van der Waals surface area contributed by atoms with Crippen LogP contribution in [0, 0.1) is 0 Å². The van der Waals surface area contributed by atoms with Crippen LogP contribution in [0.5, 0.6) is 5.75 Å². The molecule has 0 radical (unpaired) electrons.